The Balaban J connectivity index is 1.73. The van der Waals surface area contributed by atoms with E-state index in [0.29, 0.717) is 10.2 Å². The summed E-state index contributed by atoms with van der Waals surface area (Å²) in [5.74, 6) is -0.821. The maximum atomic E-state index is 12.7. The van der Waals surface area contributed by atoms with E-state index in [4.69, 9.17) is 0 Å². The first-order chi connectivity index (χ1) is 12.3. The zero-order valence-corrected chi connectivity index (χ0v) is 15.5. The van der Waals surface area contributed by atoms with Gasteiger partial charge in [0.25, 0.3) is 5.56 Å². The SMILES string of the molecule is O=C(Cn1cnc2scc(-c3cccs3)c2c1=O)NCCSC(F)(F)F. The van der Waals surface area contributed by atoms with Crippen molar-refractivity contribution >= 4 is 50.6 Å². The third-order valence-corrected chi connectivity index (χ3v) is 5.88. The Morgan fingerprint density at radius 1 is 1.35 bits per heavy atom. The summed E-state index contributed by atoms with van der Waals surface area (Å²) in [6, 6.07) is 3.78. The van der Waals surface area contributed by atoms with Crippen LogP contribution in [0, 0.1) is 0 Å². The van der Waals surface area contributed by atoms with Crippen LogP contribution >= 0.6 is 34.4 Å². The fourth-order valence-electron chi connectivity index (χ4n) is 2.26. The molecule has 0 atom stereocenters. The van der Waals surface area contributed by atoms with Crippen LogP contribution in [0.4, 0.5) is 13.2 Å². The molecular weight excluding hydrogens is 407 g/mol. The molecule has 0 saturated carbocycles. The standard InChI is InChI=1S/C15H12F3N3O2S3/c16-15(17,18)26-5-3-19-11(22)6-21-8-20-13-12(14(21)23)9(7-25-13)10-2-1-4-24-10/h1-2,4,7-8H,3,5-6H2,(H,19,22). The van der Waals surface area contributed by atoms with Crippen molar-refractivity contribution in [1.82, 2.24) is 14.9 Å². The van der Waals surface area contributed by atoms with Crippen LogP contribution in [0.25, 0.3) is 20.7 Å². The lowest BCUT2D eigenvalue weighted by Gasteiger charge is -2.08. The molecule has 5 nitrogen and oxygen atoms in total. The predicted molar refractivity (Wildman–Crippen MR) is 98.7 cm³/mol. The van der Waals surface area contributed by atoms with E-state index in [-0.39, 0.29) is 36.2 Å². The monoisotopic (exact) mass is 419 g/mol. The highest BCUT2D eigenvalue weighted by Crippen LogP contribution is 2.33. The molecule has 0 aromatic carbocycles. The number of carbonyl (C=O) groups is 1. The number of hydrogen-bond donors (Lipinski definition) is 1. The normalized spacial score (nSPS) is 11.8. The highest BCUT2D eigenvalue weighted by Gasteiger charge is 2.27. The second-order valence-electron chi connectivity index (χ2n) is 5.13. The molecule has 0 aliphatic rings. The third-order valence-electron chi connectivity index (χ3n) is 3.35. The van der Waals surface area contributed by atoms with Crippen LogP contribution in [-0.4, -0.2) is 33.3 Å². The van der Waals surface area contributed by atoms with Gasteiger partial charge in [0.15, 0.2) is 0 Å². The second kappa shape index (κ2) is 7.80. The van der Waals surface area contributed by atoms with Gasteiger partial charge in [-0.2, -0.15) is 13.2 Å². The van der Waals surface area contributed by atoms with Gasteiger partial charge in [-0.3, -0.25) is 14.2 Å². The van der Waals surface area contributed by atoms with Gasteiger partial charge in [-0.15, -0.1) is 22.7 Å². The number of carbonyl (C=O) groups excluding carboxylic acids is 1. The van der Waals surface area contributed by atoms with Gasteiger partial charge in [0.1, 0.15) is 11.4 Å². The highest BCUT2D eigenvalue weighted by atomic mass is 32.2. The Kier molecular flexibility index (Phi) is 5.68. The Morgan fingerprint density at radius 3 is 2.85 bits per heavy atom. The van der Waals surface area contributed by atoms with E-state index < -0.39 is 11.4 Å². The number of thiophene rings is 2. The maximum absolute atomic E-state index is 12.7. The molecule has 0 bridgehead atoms. The van der Waals surface area contributed by atoms with Crippen molar-refractivity contribution in [2.24, 2.45) is 0 Å². The Labute approximate surface area is 157 Å². The smallest absolute Gasteiger partial charge is 0.354 e. The van der Waals surface area contributed by atoms with Gasteiger partial charge < -0.3 is 5.32 Å². The first kappa shape index (κ1) is 18.9. The summed E-state index contributed by atoms with van der Waals surface area (Å²) in [4.78, 5) is 30.3. The van der Waals surface area contributed by atoms with Gasteiger partial charge in [-0.1, -0.05) is 6.07 Å². The minimum Gasteiger partial charge on any atom is -0.354 e. The fourth-order valence-corrected chi connectivity index (χ4v) is 4.42. The van der Waals surface area contributed by atoms with Gasteiger partial charge in [-0.25, -0.2) is 4.98 Å². The first-order valence-electron chi connectivity index (χ1n) is 7.33. The van der Waals surface area contributed by atoms with Crippen LogP contribution in [0.2, 0.25) is 0 Å². The molecule has 26 heavy (non-hydrogen) atoms. The zero-order chi connectivity index (χ0) is 18.7. The Bertz CT molecular complexity index is 964. The van der Waals surface area contributed by atoms with E-state index in [2.05, 4.69) is 10.3 Å². The summed E-state index contributed by atoms with van der Waals surface area (Å²) >= 11 is 2.64. The molecule has 0 saturated heterocycles. The van der Waals surface area contributed by atoms with Crippen LogP contribution in [0.15, 0.2) is 34.0 Å². The number of thioether (sulfide) groups is 1. The average Bonchev–Trinajstić information content (AvgIpc) is 3.22. The van der Waals surface area contributed by atoms with Crippen molar-refractivity contribution in [2.75, 3.05) is 12.3 Å². The molecule has 0 fully saturated rings. The zero-order valence-electron chi connectivity index (χ0n) is 13.1. The van der Waals surface area contributed by atoms with Crippen molar-refractivity contribution in [3.63, 3.8) is 0 Å². The van der Waals surface area contributed by atoms with Crippen LogP contribution < -0.4 is 10.9 Å². The van der Waals surface area contributed by atoms with E-state index in [1.807, 2.05) is 22.9 Å². The molecule has 0 aliphatic heterocycles. The molecule has 138 valence electrons. The lowest BCUT2D eigenvalue weighted by molar-refractivity contribution is -0.121. The summed E-state index contributed by atoms with van der Waals surface area (Å²) in [5.41, 5.74) is -3.90. The second-order valence-corrected chi connectivity index (χ2v) is 8.09. The van der Waals surface area contributed by atoms with Gasteiger partial charge in [0, 0.05) is 28.1 Å². The number of rotatable bonds is 6. The van der Waals surface area contributed by atoms with Gasteiger partial charge in [0.05, 0.1) is 11.7 Å². The number of amides is 1. The number of nitrogens with one attached hydrogen (secondary N) is 1. The van der Waals surface area contributed by atoms with E-state index in [9.17, 15) is 22.8 Å². The largest absolute Gasteiger partial charge is 0.441 e. The lowest BCUT2D eigenvalue weighted by atomic mass is 10.2. The third kappa shape index (κ3) is 4.46. The molecule has 3 rings (SSSR count). The van der Waals surface area contributed by atoms with E-state index in [0.717, 1.165) is 10.4 Å². The van der Waals surface area contributed by atoms with Gasteiger partial charge >= 0.3 is 5.51 Å². The van der Waals surface area contributed by atoms with E-state index in [1.165, 1.54) is 33.6 Å². The van der Waals surface area contributed by atoms with Gasteiger partial charge in [-0.05, 0) is 23.2 Å². The molecule has 1 amide bonds. The van der Waals surface area contributed by atoms with E-state index >= 15 is 0 Å². The molecule has 0 aliphatic carbocycles. The van der Waals surface area contributed by atoms with Crippen molar-refractivity contribution in [3.8, 4) is 10.4 Å². The number of alkyl halides is 3. The minimum absolute atomic E-state index is 0.133. The molecule has 3 aromatic heterocycles. The Hall–Kier alpha value is -1.85. The van der Waals surface area contributed by atoms with Crippen molar-refractivity contribution in [2.45, 2.75) is 12.1 Å². The first-order valence-corrected chi connectivity index (χ1v) is 10.1. The van der Waals surface area contributed by atoms with Crippen LogP contribution in [0.1, 0.15) is 0 Å². The molecule has 11 heteroatoms. The van der Waals surface area contributed by atoms with Crippen LogP contribution in [0.5, 0.6) is 0 Å². The quantitative estimate of drug-likeness (QED) is 0.621. The summed E-state index contributed by atoms with van der Waals surface area (Å²) in [5, 5.41) is 6.57. The predicted octanol–water partition coefficient (Wildman–Crippen LogP) is 3.56. The molecular formula is C15H12F3N3O2S3. The lowest BCUT2D eigenvalue weighted by Crippen LogP contribution is -2.33. The maximum Gasteiger partial charge on any atom is 0.441 e. The topological polar surface area (TPSA) is 64.0 Å². The fraction of sp³-hybridized carbons (Fsp3) is 0.267. The molecule has 0 unspecified atom stereocenters. The Morgan fingerprint density at radius 2 is 2.15 bits per heavy atom. The average molecular weight is 419 g/mol. The summed E-state index contributed by atoms with van der Waals surface area (Å²) in [7, 11) is 0. The molecule has 3 heterocycles. The van der Waals surface area contributed by atoms with Crippen molar-refractivity contribution < 1.29 is 18.0 Å². The molecule has 3 aromatic rings. The number of nitrogens with zero attached hydrogens (tertiary/aromatic N) is 2. The van der Waals surface area contributed by atoms with Crippen molar-refractivity contribution in [3.05, 3.63) is 39.6 Å². The van der Waals surface area contributed by atoms with Crippen molar-refractivity contribution in [1.29, 1.82) is 0 Å². The minimum atomic E-state index is -4.33. The summed E-state index contributed by atoms with van der Waals surface area (Å²) in [6.07, 6.45) is 1.28. The van der Waals surface area contributed by atoms with Crippen LogP contribution in [-0.2, 0) is 11.3 Å². The van der Waals surface area contributed by atoms with Crippen LogP contribution in [0.3, 0.4) is 0 Å². The number of aromatic nitrogens is 2. The number of fused-ring (bicyclic) bond motifs is 1. The molecule has 0 spiro atoms. The van der Waals surface area contributed by atoms with E-state index in [1.54, 1.807) is 0 Å². The number of hydrogen-bond acceptors (Lipinski definition) is 6. The highest BCUT2D eigenvalue weighted by molar-refractivity contribution is 8.00. The molecule has 1 N–H and O–H groups in total. The molecule has 0 radical (unpaired) electrons. The number of halogens is 3. The van der Waals surface area contributed by atoms with Gasteiger partial charge in [0.2, 0.25) is 5.91 Å². The summed E-state index contributed by atoms with van der Waals surface area (Å²) < 4.78 is 37.3. The summed E-state index contributed by atoms with van der Waals surface area (Å²) in [6.45, 7) is -0.426.